The lowest BCUT2D eigenvalue weighted by Gasteiger charge is -2.41. The Morgan fingerprint density at radius 1 is 0.471 bits per heavy atom. The summed E-state index contributed by atoms with van der Waals surface area (Å²) in [6.45, 7) is 0. The number of aliphatic hydroxyl groups is 2. The fraction of sp³-hybridized carbons (Fsp3) is 1.00. The third-order valence-electron chi connectivity index (χ3n) is 1.75. The summed E-state index contributed by atoms with van der Waals surface area (Å²) < 4.78 is 119. The lowest BCUT2D eigenvalue weighted by Crippen LogP contribution is -2.70. The van der Waals surface area contributed by atoms with E-state index in [9.17, 15) is 43.9 Å². The smallest absolute Gasteiger partial charge is 0.339 e. The van der Waals surface area contributed by atoms with Crippen molar-refractivity contribution in [3.05, 3.63) is 0 Å². The molecule has 0 saturated heterocycles. The summed E-state index contributed by atoms with van der Waals surface area (Å²) in [6.07, 6.45) is -22.1. The predicted molar refractivity (Wildman–Crippen MR) is 28.9 cm³/mol. The number of hydrogen-bond donors (Lipinski definition) is 2. The van der Waals surface area contributed by atoms with Gasteiger partial charge in [-0.25, -0.2) is 0 Å². The first-order valence-corrected chi connectivity index (χ1v) is 3.34. The predicted octanol–water partition coefficient (Wildman–Crippen LogP) is 2.27. The van der Waals surface area contributed by atoms with Crippen LogP contribution in [-0.4, -0.2) is 34.8 Å². The van der Waals surface area contributed by atoms with Crippen molar-refractivity contribution in [2.75, 3.05) is 0 Å². The van der Waals surface area contributed by atoms with Crippen molar-refractivity contribution in [3.63, 3.8) is 0 Å². The molecule has 0 aliphatic rings. The van der Waals surface area contributed by atoms with Crippen molar-refractivity contribution in [2.24, 2.45) is 5.41 Å². The van der Waals surface area contributed by atoms with E-state index in [0.717, 1.165) is 0 Å². The zero-order chi connectivity index (χ0) is 14.5. The Kier molecular flexibility index (Phi) is 3.44. The third kappa shape index (κ3) is 2.14. The van der Waals surface area contributed by atoms with Crippen LogP contribution in [0, 0.1) is 5.41 Å². The molecule has 2 N–H and O–H groups in total. The Balaban J connectivity index is 6.37. The maximum Gasteiger partial charge on any atom is 0.420 e. The van der Waals surface area contributed by atoms with Gasteiger partial charge < -0.3 is 10.2 Å². The van der Waals surface area contributed by atoms with Crippen LogP contribution in [0.1, 0.15) is 0 Å². The number of alkyl halides is 10. The normalized spacial score (nSPS) is 16.2. The summed E-state index contributed by atoms with van der Waals surface area (Å²) in [7, 11) is 0. The van der Waals surface area contributed by atoms with Crippen molar-refractivity contribution < 1.29 is 54.1 Å². The SMILES string of the molecule is OC(O)(F)C(C(F)(F)F)(C(F)(F)F)C(F)(F)F. The first-order valence-electron chi connectivity index (χ1n) is 3.34. The summed E-state index contributed by atoms with van der Waals surface area (Å²) in [5.41, 5.74) is -7.31. The molecule has 0 aliphatic carbocycles. The van der Waals surface area contributed by atoms with Crippen LogP contribution >= 0.6 is 0 Å². The Hall–Kier alpha value is -0.780. The van der Waals surface area contributed by atoms with Crippen molar-refractivity contribution in [1.82, 2.24) is 0 Å². The molecule has 0 aromatic rings. The highest BCUT2D eigenvalue weighted by molar-refractivity contribution is 5.04. The van der Waals surface area contributed by atoms with Crippen molar-refractivity contribution in [2.45, 2.75) is 24.6 Å². The van der Waals surface area contributed by atoms with Crippen LogP contribution < -0.4 is 0 Å². The van der Waals surface area contributed by atoms with Gasteiger partial charge >= 0.3 is 30.0 Å². The molecule has 0 amide bonds. The summed E-state index contributed by atoms with van der Waals surface area (Å²) in [6, 6.07) is -6.61. The van der Waals surface area contributed by atoms with Gasteiger partial charge in [0.1, 0.15) is 0 Å². The van der Waals surface area contributed by atoms with Gasteiger partial charge in [-0.1, -0.05) is 0 Å². The second kappa shape index (κ2) is 3.60. The largest absolute Gasteiger partial charge is 0.420 e. The minimum absolute atomic E-state index is 6.61. The molecule has 12 heteroatoms. The van der Waals surface area contributed by atoms with Crippen LogP contribution in [-0.2, 0) is 0 Å². The average Bonchev–Trinajstić information content (AvgIpc) is 1.67. The lowest BCUT2D eigenvalue weighted by molar-refractivity contribution is -0.524. The number of hydrogen-bond acceptors (Lipinski definition) is 2. The molecule has 104 valence electrons. The number of rotatable bonds is 1. The number of halogens is 10. The fourth-order valence-electron chi connectivity index (χ4n) is 1.02. The van der Waals surface area contributed by atoms with Gasteiger partial charge in [0.2, 0.25) is 0 Å². The first kappa shape index (κ1) is 16.2. The molecule has 0 heterocycles. The minimum Gasteiger partial charge on any atom is -0.339 e. The van der Waals surface area contributed by atoms with Crippen LogP contribution in [0.2, 0.25) is 0 Å². The molecule has 0 unspecified atom stereocenters. The van der Waals surface area contributed by atoms with E-state index >= 15 is 0 Å². The Bertz CT molecular complexity index is 216. The minimum atomic E-state index is -7.36. The Morgan fingerprint density at radius 2 is 0.647 bits per heavy atom. The molecule has 17 heavy (non-hydrogen) atoms. The molecule has 0 bridgehead atoms. The molecule has 0 radical (unpaired) electrons. The molecular weight excluding hydrogens is 282 g/mol. The molecule has 0 aromatic carbocycles. The molecule has 0 aliphatic heterocycles. The van der Waals surface area contributed by atoms with Crippen LogP contribution in [0.3, 0.4) is 0 Å². The molecule has 0 saturated carbocycles. The van der Waals surface area contributed by atoms with E-state index in [2.05, 4.69) is 0 Å². The summed E-state index contributed by atoms with van der Waals surface area (Å²) in [5.74, 6) is 0. The Morgan fingerprint density at radius 3 is 0.647 bits per heavy atom. The fourth-order valence-corrected chi connectivity index (χ4v) is 1.02. The molecular formula is C5H2F10O2. The molecule has 0 fully saturated rings. The molecule has 2 nitrogen and oxygen atoms in total. The molecule has 0 atom stereocenters. The van der Waals surface area contributed by atoms with E-state index < -0.39 is 30.0 Å². The van der Waals surface area contributed by atoms with Gasteiger partial charge in [-0.3, -0.25) is 0 Å². The second-order valence-corrected chi connectivity index (χ2v) is 2.83. The van der Waals surface area contributed by atoms with E-state index in [0.29, 0.717) is 0 Å². The summed E-state index contributed by atoms with van der Waals surface area (Å²) in [5, 5.41) is 15.3. The van der Waals surface area contributed by atoms with Crippen LogP contribution in [0.4, 0.5) is 43.9 Å². The quantitative estimate of drug-likeness (QED) is 0.573. The van der Waals surface area contributed by atoms with Gasteiger partial charge in [-0.15, -0.1) is 0 Å². The van der Waals surface area contributed by atoms with Crippen LogP contribution in [0.25, 0.3) is 0 Å². The topological polar surface area (TPSA) is 40.5 Å². The van der Waals surface area contributed by atoms with Crippen molar-refractivity contribution in [3.8, 4) is 0 Å². The van der Waals surface area contributed by atoms with Crippen LogP contribution in [0.15, 0.2) is 0 Å². The third-order valence-corrected chi connectivity index (χ3v) is 1.75. The van der Waals surface area contributed by atoms with Gasteiger partial charge in [0.15, 0.2) is 0 Å². The summed E-state index contributed by atoms with van der Waals surface area (Å²) in [4.78, 5) is 0. The van der Waals surface area contributed by atoms with E-state index in [-0.39, 0.29) is 0 Å². The van der Waals surface area contributed by atoms with Gasteiger partial charge in [0.25, 0.3) is 0 Å². The van der Waals surface area contributed by atoms with Crippen molar-refractivity contribution >= 4 is 0 Å². The molecule has 0 rings (SSSR count). The van der Waals surface area contributed by atoms with Gasteiger partial charge in [-0.05, 0) is 0 Å². The van der Waals surface area contributed by atoms with E-state index in [4.69, 9.17) is 10.2 Å². The first-order chi connectivity index (χ1) is 7.00. The molecule has 0 aromatic heterocycles. The van der Waals surface area contributed by atoms with Gasteiger partial charge in [0.05, 0.1) is 0 Å². The maximum atomic E-state index is 12.1. The lowest BCUT2D eigenvalue weighted by atomic mass is 9.83. The highest BCUT2D eigenvalue weighted by Crippen LogP contribution is 2.64. The zero-order valence-electron chi connectivity index (χ0n) is 7.17. The van der Waals surface area contributed by atoms with E-state index in [1.807, 2.05) is 0 Å². The highest BCUT2D eigenvalue weighted by Gasteiger charge is 2.93. The van der Waals surface area contributed by atoms with Gasteiger partial charge in [-0.2, -0.15) is 43.9 Å². The van der Waals surface area contributed by atoms with Crippen LogP contribution in [0.5, 0.6) is 0 Å². The van der Waals surface area contributed by atoms with Gasteiger partial charge in [0, 0.05) is 0 Å². The monoisotopic (exact) mass is 284 g/mol. The van der Waals surface area contributed by atoms with E-state index in [1.54, 1.807) is 0 Å². The average molecular weight is 284 g/mol. The standard InChI is InChI=1S/C5H2F10O2/c6-2(7,8)1(3(9,10)11,4(12,13)14)5(15,16)17/h16-17H. The van der Waals surface area contributed by atoms with Crippen molar-refractivity contribution in [1.29, 1.82) is 0 Å². The Labute approximate surface area is 85.4 Å². The second-order valence-electron chi connectivity index (χ2n) is 2.83. The maximum absolute atomic E-state index is 12.1. The zero-order valence-corrected chi connectivity index (χ0v) is 7.17. The molecule has 0 spiro atoms. The highest BCUT2D eigenvalue weighted by atomic mass is 19.4. The summed E-state index contributed by atoms with van der Waals surface area (Å²) >= 11 is 0. The van der Waals surface area contributed by atoms with E-state index in [1.165, 1.54) is 0 Å².